The van der Waals surface area contributed by atoms with Crippen molar-refractivity contribution < 1.29 is 14.2 Å². The van der Waals surface area contributed by atoms with Gasteiger partial charge in [-0.05, 0) is 55.4 Å². The Labute approximate surface area is 166 Å². The number of hydrogen-bond donors (Lipinski definition) is 1. The number of allylic oxidation sites excluding steroid dienone is 2. The van der Waals surface area contributed by atoms with Gasteiger partial charge in [-0.1, -0.05) is 6.08 Å². The number of methoxy groups -OCH3 is 2. The Morgan fingerprint density at radius 1 is 1.32 bits per heavy atom. The highest BCUT2D eigenvalue weighted by atomic mass is 16.7. The first-order chi connectivity index (χ1) is 13.6. The van der Waals surface area contributed by atoms with Gasteiger partial charge in [0, 0.05) is 52.1 Å². The number of ether oxygens (including phenoxy) is 3. The number of nitrogens with one attached hydrogen (secondary N) is 1. The summed E-state index contributed by atoms with van der Waals surface area (Å²) in [7, 11) is 3.31. The highest BCUT2D eigenvalue weighted by Gasteiger charge is 2.35. The van der Waals surface area contributed by atoms with Gasteiger partial charge >= 0.3 is 0 Å². The lowest BCUT2D eigenvalue weighted by molar-refractivity contribution is -0.166. The van der Waals surface area contributed by atoms with E-state index in [0.717, 1.165) is 54.9 Å². The summed E-state index contributed by atoms with van der Waals surface area (Å²) in [6.45, 7) is 4.36. The Balaban J connectivity index is 1.68. The summed E-state index contributed by atoms with van der Waals surface area (Å²) >= 11 is 0. The zero-order valence-electron chi connectivity index (χ0n) is 17.0. The van der Waals surface area contributed by atoms with Crippen LogP contribution in [0.5, 0.6) is 0 Å². The Hall–Kier alpha value is -1.89. The topological polar surface area (TPSA) is 61.7 Å². The number of aromatic nitrogens is 1. The first kappa shape index (κ1) is 19.4. The predicted molar refractivity (Wildman–Crippen MR) is 110 cm³/mol. The van der Waals surface area contributed by atoms with E-state index in [-0.39, 0.29) is 11.7 Å². The van der Waals surface area contributed by atoms with E-state index in [9.17, 15) is 4.79 Å². The first-order valence-corrected chi connectivity index (χ1v) is 10.2. The first-order valence-electron chi connectivity index (χ1n) is 10.2. The molecule has 0 bridgehead atoms. The van der Waals surface area contributed by atoms with Crippen molar-refractivity contribution in [2.45, 2.75) is 57.5 Å². The van der Waals surface area contributed by atoms with Gasteiger partial charge in [0.05, 0.1) is 11.8 Å². The molecule has 0 aromatic carbocycles. The second-order valence-corrected chi connectivity index (χ2v) is 7.87. The number of pyridine rings is 1. The molecule has 4 rings (SSSR count). The van der Waals surface area contributed by atoms with E-state index in [0.29, 0.717) is 13.0 Å². The lowest BCUT2D eigenvalue weighted by Gasteiger charge is -2.36. The molecule has 1 aromatic rings. The van der Waals surface area contributed by atoms with Crippen molar-refractivity contribution in [2.24, 2.45) is 0 Å². The van der Waals surface area contributed by atoms with Crippen LogP contribution in [0.15, 0.2) is 28.6 Å². The van der Waals surface area contributed by atoms with Crippen LogP contribution in [-0.4, -0.2) is 43.8 Å². The van der Waals surface area contributed by atoms with Crippen molar-refractivity contribution in [2.75, 3.05) is 32.7 Å². The van der Waals surface area contributed by atoms with Crippen LogP contribution in [0.3, 0.4) is 0 Å². The van der Waals surface area contributed by atoms with Crippen molar-refractivity contribution in [3.63, 3.8) is 0 Å². The molecule has 1 aliphatic carbocycles. The van der Waals surface area contributed by atoms with Gasteiger partial charge < -0.3 is 24.1 Å². The fraction of sp³-hybridized carbons (Fsp3) is 0.591. The van der Waals surface area contributed by atoms with Crippen molar-refractivity contribution in [3.8, 4) is 0 Å². The van der Waals surface area contributed by atoms with Gasteiger partial charge in [0.1, 0.15) is 0 Å². The molecule has 152 valence electrons. The number of anilines is 1. The van der Waals surface area contributed by atoms with E-state index in [1.165, 1.54) is 12.0 Å². The lowest BCUT2D eigenvalue weighted by atomic mass is 9.85. The molecule has 1 N–H and O–H groups in total. The quantitative estimate of drug-likeness (QED) is 0.787. The molecule has 1 fully saturated rings. The molecular weight excluding hydrogens is 356 g/mol. The highest BCUT2D eigenvalue weighted by Crippen LogP contribution is 2.41. The zero-order valence-corrected chi connectivity index (χ0v) is 17.0. The fourth-order valence-electron chi connectivity index (χ4n) is 4.55. The van der Waals surface area contributed by atoms with Gasteiger partial charge in [0.15, 0.2) is 5.79 Å². The molecule has 0 radical (unpaired) electrons. The molecule has 3 aliphatic rings. The van der Waals surface area contributed by atoms with E-state index in [1.54, 1.807) is 20.3 Å². The number of hydrogen-bond acceptors (Lipinski definition) is 5. The second-order valence-electron chi connectivity index (χ2n) is 7.87. The number of rotatable bonds is 5. The molecule has 6 heteroatoms. The average molecular weight is 386 g/mol. The third kappa shape index (κ3) is 3.45. The summed E-state index contributed by atoms with van der Waals surface area (Å²) in [6, 6.07) is 1.73. The van der Waals surface area contributed by atoms with Crippen LogP contribution < -0.4 is 10.9 Å². The van der Waals surface area contributed by atoms with E-state index >= 15 is 0 Å². The van der Waals surface area contributed by atoms with Crippen LogP contribution in [0.1, 0.15) is 43.4 Å². The lowest BCUT2D eigenvalue weighted by Crippen LogP contribution is -2.37. The van der Waals surface area contributed by atoms with Crippen molar-refractivity contribution in [1.82, 2.24) is 4.57 Å². The molecule has 1 unspecified atom stereocenters. The normalized spacial score (nSPS) is 23.3. The van der Waals surface area contributed by atoms with Crippen LogP contribution in [0.2, 0.25) is 0 Å². The van der Waals surface area contributed by atoms with Gasteiger partial charge in [0.2, 0.25) is 0 Å². The Morgan fingerprint density at radius 3 is 2.86 bits per heavy atom. The smallest absolute Gasteiger partial charge is 0.253 e. The number of nitrogens with zero attached hydrogens (tertiary/aromatic N) is 1. The highest BCUT2D eigenvalue weighted by molar-refractivity contribution is 5.77. The summed E-state index contributed by atoms with van der Waals surface area (Å²) in [5.74, 6) is -0.775. The summed E-state index contributed by atoms with van der Waals surface area (Å²) in [6.07, 6.45) is 9.16. The van der Waals surface area contributed by atoms with E-state index in [2.05, 4.69) is 18.3 Å². The zero-order chi connectivity index (χ0) is 19.7. The van der Waals surface area contributed by atoms with Gasteiger partial charge in [0.25, 0.3) is 5.56 Å². The summed E-state index contributed by atoms with van der Waals surface area (Å²) in [4.78, 5) is 12.9. The van der Waals surface area contributed by atoms with Crippen LogP contribution in [0, 0.1) is 6.92 Å². The van der Waals surface area contributed by atoms with E-state index in [1.807, 2.05) is 10.6 Å². The molecule has 6 nitrogen and oxygen atoms in total. The SMILES string of the molecule is COC1(OC)C=CC2=C(C1)c1c(C)c(NCC3CCCCO3)cc(=O)n1CC2. The third-order valence-corrected chi connectivity index (χ3v) is 6.29. The van der Waals surface area contributed by atoms with Gasteiger partial charge in [-0.2, -0.15) is 0 Å². The Kier molecular flexibility index (Phi) is 5.45. The molecule has 3 heterocycles. The summed E-state index contributed by atoms with van der Waals surface area (Å²) in [5, 5.41) is 3.48. The largest absolute Gasteiger partial charge is 0.382 e. The molecule has 28 heavy (non-hydrogen) atoms. The molecule has 2 aliphatic heterocycles. The average Bonchev–Trinajstić information content (AvgIpc) is 2.74. The maximum atomic E-state index is 12.9. The molecule has 1 aromatic heterocycles. The van der Waals surface area contributed by atoms with E-state index in [4.69, 9.17) is 14.2 Å². The molecule has 1 saturated heterocycles. The van der Waals surface area contributed by atoms with Crippen LogP contribution in [0.25, 0.3) is 5.57 Å². The van der Waals surface area contributed by atoms with Crippen molar-refractivity contribution >= 4 is 11.3 Å². The summed E-state index contributed by atoms with van der Waals surface area (Å²) in [5.41, 5.74) is 5.44. The standard InChI is InChI=1S/C22H30N2O4/c1-15-19(23-14-17-6-4-5-11-28-17)12-20(25)24-10-8-16-7-9-22(26-2,27-3)13-18(16)21(15)24/h7,9,12,17,23H,4-6,8,10-11,13-14H2,1-3H3. The third-order valence-electron chi connectivity index (χ3n) is 6.29. The van der Waals surface area contributed by atoms with Crippen LogP contribution in [-0.2, 0) is 20.8 Å². The van der Waals surface area contributed by atoms with Gasteiger partial charge in [-0.25, -0.2) is 0 Å². The predicted octanol–water partition coefficient (Wildman–Crippen LogP) is 3.24. The van der Waals surface area contributed by atoms with Crippen LogP contribution >= 0.6 is 0 Å². The van der Waals surface area contributed by atoms with Crippen molar-refractivity contribution in [3.05, 3.63) is 45.4 Å². The van der Waals surface area contributed by atoms with Gasteiger partial charge in [-0.15, -0.1) is 0 Å². The Bertz CT molecular complexity index is 858. The minimum atomic E-state index is -0.775. The number of fused-ring (bicyclic) bond motifs is 2. The van der Waals surface area contributed by atoms with Gasteiger partial charge in [-0.3, -0.25) is 4.79 Å². The minimum Gasteiger partial charge on any atom is -0.382 e. The minimum absolute atomic E-state index is 0.0363. The fourth-order valence-corrected chi connectivity index (χ4v) is 4.55. The monoisotopic (exact) mass is 386 g/mol. The second kappa shape index (κ2) is 7.85. The maximum absolute atomic E-state index is 12.9. The van der Waals surface area contributed by atoms with Crippen LogP contribution in [0.4, 0.5) is 5.69 Å². The molecular formula is C22H30N2O4. The molecule has 1 atom stereocenters. The molecule has 0 saturated carbocycles. The molecule has 0 spiro atoms. The summed E-state index contributed by atoms with van der Waals surface area (Å²) < 4.78 is 19.0. The van der Waals surface area contributed by atoms with E-state index < -0.39 is 5.79 Å². The molecule has 0 amide bonds. The maximum Gasteiger partial charge on any atom is 0.253 e. The van der Waals surface area contributed by atoms with Crippen molar-refractivity contribution in [1.29, 1.82) is 0 Å². The Morgan fingerprint density at radius 2 is 2.14 bits per heavy atom.